The van der Waals surface area contributed by atoms with Crippen molar-refractivity contribution in [1.29, 1.82) is 0 Å². The van der Waals surface area contributed by atoms with Gasteiger partial charge in [0.15, 0.2) is 0 Å². The van der Waals surface area contributed by atoms with E-state index in [1.165, 1.54) is 0 Å². The van der Waals surface area contributed by atoms with Crippen LogP contribution >= 0.6 is 31.5 Å². The van der Waals surface area contributed by atoms with Crippen molar-refractivity contribution in [1.82, 2.24) is 0 Å². The molecule has 16 heavy (non-hydrogen) atoms. The van der Waals surface area contributed by atoms with Crippen LogP contribution in [0.1, 0.15) is 53.4 Å². The Hall–Kier alpha value is 0.730. The zero-order valence-corrected chi connectivity index (χ0v) is 12.8. The van der Waals surface area contributed by atoms with Gasteiger partial charge in [0, 0.05) is 0 Å². The Kier molecular flexibility index (Phi) is 7.56. The molecule has 0 heterocycles. The van der Waals surface area contributed by atoms with Crippen LogP contribution in [0.25, 0.3) is 0 Å². The average molecular weight is 291 g/mol. The van der Waals surface area contributed by atoms with E-state index in [-0.39, 0.29) is 0 Å². The van der Waals surface area contributed by atoms with Gasteiger partial charge in [-0.05, 0) is 25.7 Å². The molecular weight excluding hydrogens is 270 g/mol. The maximum absolute atomic E-state index is 11.7. The molecule has 0 saturated carbocycles. The van der Waals surface area contributed by atoms with Crippen LogP contribution in [-0.2, 0) is 13.6 Å². The molecule has 3 nitrogen and oxygen atoms in total. The second kappa shape index (κ2) is 7.23. The van der Waals surface area contributed by atoms with Crippen LogP contribution in [0.15, 0.2) is 0 Å². The van der Waals surface area contributed by atoms with Gasteiger partial charge in [0.25, 0.3) is 0 Å². The molecule has 0 aromatic carbocycles. The minimum absolute atomic E-state index is 0.568. The molecule has 0 aliphatic heterocycles. The van der Waals surface area contributed by atoms with Crippen molar-refractivity contribution in [3.8, 4) is 0 Å². The normalized spacial score (nSPS) is 13.4. The summed E-state index contributed by atoms with van der Waals surface area (Å²) in [6.07, 6.45) is 2.27. The van der Waals surface area contributed by atoms with Crippen molar-refractivity contribution in [3.05, 3.63) is 0 Å². The lowest BCUT2D eigenvalue weighted by atomic mass is 10.2. The third-order valence-corrected chi connectivity index (χ3v) is 5.24. The van der Waals surface area contributed by atoms with Crippen LogP contribution in [0.3, 0.4) is 0 Å². The van der Waals surface area contributed by atoms with E-state index in [0.29, 0.717) is 25.7 Å². The Morgan fingerprint density at radius 2 is 1.12 bits per heavy atom. The van der Waals surface area contributed by atoms with Gasteiger partial charge in [0.1, 0.15) is 10.1 Å². The fourth-order valence-electron chi connectivity index (χ4n) is 1.11. The molecule has 0 spiro atoms. The molecule has 6 heteroatoms. The van der Waals surface area contributed by atoms with Gasteiger partial charge in [0.05, 0.1) is 0 Å². The van der Waals surface area contributed by atoms with Crippen LogP contribution < -0.4 is 0 Å². The van der Waals surface area contributed by atoms with Gasteiger partial charge >= 0.3 is 8.25 Å². The Labute approximate surface area is 109 Å². The molecule has 0 rings (SSSR count). The van der Waals surface area contributed by atoms with E-state index in [1.807, 2.05) is 27.7 Å². The first-order valence-electron chi connectivity index (χ1n) is 5.64. The third-order valence-electron chi connectivity index (χ3n) is 2.64. The second-order valence-corrected chi connectivity index (χ2v) is 5.92. The van der Waals surface area contributed by atoms with Crippen LogP contribution in [0.4, 0.5) is 0 Å². The topological polar surface area (TPSA) is 35.5 Å². The number of hydrogen-bond acceptors (Lipinski definition) is 3. The number of alkyl halides is 2. The minimum Gasteiger partial charge on any atom is -0.288 e. The molecule has 0 aliphatic carbocycles. The van der Waals surface area contributed by atoms with Crippen molar-refractivity contribution in [2.45, 2.75) is 63.5 Å². The second-order valence-electron chi connectivity index (χ2n) is 3.63. The van der Waals surface area contributed by atoms with Gasteiger partial charge in [-0.3, -0.25) is 13.6 Å². The first kappa shape index (κ1) is 16.7. The maximum Gasteiger partial charge on any atom is 0.322 e. The van der Waals surface area contributed by atoms with E-state index in [0.717, 1.165) is 0 Å². The maximum atomic E-state index is 11.7. The van der Waals surface area contributed by atoms with Gasteiger partial charge < -0.3 is 0 Å². The molecule has 0 aromatic heterocycles. The molecule has 0 N–H and O–H groups in total. The SMILES string of the molecule is CCC(Cl)(CC)O[PH](=O)OC(Cl)(CC)CC. The summed E-state index contributed by atoms with van der Waals surface area (Å²) in [5, 5.41) is -1.81. The Bertz CT molecular complexity index is 206. The lowest BCUT2D eigenvalue weighted by Crippen LogP contribution is -2.24. The van der Waals surface area contributed by atoms with E-state index in [2.05, 4.69) is 0 Å². The molecule has 0 fully saturated rings. The van der Waals surface area contributed by atoms with Crippen molar-refractivity contribution >= 4 is 31.5 Å². The van der Waals surface area contributed by atoms with Crippen molar-refractivity contribution in [3.63, 3.8) is 0 Å². The largest absolute Gasteiger partial charge is 0.322 e. The molecular formula is C10H21Cl2O3P. The lowest BCUT2D eigenvalue weighted by Gasteiger charge is -2.28. The highest BCUT2D eigenvalue weighted by atomic mass is 35.5. The highest BCUT2D eigenvalue weighted by Gasteiger charge is 2.31. The predicted molar refractivity (Wildman–Crippen MR) is 69.5 cm³/mol. The molecule has 0 atom stereocenters. The predicted octanol–water partition coefficient (Wildman–Crippen LogP) is 4.92. The highest BCUT2D eigenvalue weighted by molar-refractivity contribution is 7.33. The first-order chi connectivity index (χ1) is 7.34. The van der Waals surface area contributed by atoms with Gasteiger partial charge in [-0.25, -0.2) is 0 Å². The van der Waals surface area contributed by atoms with Gasteiger partial charge in [-0.15, -0.1) is 0 Å². The summed E-state index contributed by atoms with van der Waals surface area (Å²) in [4.78, 5) is 0. The Balaban J connectivity index is 4.38. The van der Waals surface area contributed by atoms with E-state index in [9.17, 15) is 4.57 Å². The summed E-state index contributed by atoms with van der Waals surface area (Å²) in [6, 6.07) is 0. The summed E-state index contributed by atoms with van der Waals surface area (Å²) in [5.74, 6) is 0. The number of hydrogen-bond donors (Lipinski definition) is 0. The lowest BCUT2D eigenvalue weighted by molar-refractivity contribution is 0.0806. The van der Waals surface area contributed by atoms with Crippen LogP contribution in [0.5, 0.6) is 0 Å². The fraction of sp³-hybridized carbons (Fsp3) is 1.00. The monoisotopic (exact) mass is 290 g/mol. The standard InChI is InChI=1S/C10H21Cl2O3P/c1-5-9(11,6-2)14-16(13)15-10(12,7-3)8-4/h16H,5-8H2,1-4H3. The number of halogens is 2. The smallest absolute Gasteiger partial charge is 0.288 e. The molecule has 0 aliphatic rings. The van der Waals surface area contributed by atoms with Crippen LogP contribution in [-0.4, -0.2) is 10.1 Å². The van der Waals surface area contributed by atoms with E-state index >= 15 is 0 Å². The van der Waals surface area contributed by atoms with Crippen molar-refractivity contribution in [2.75, 3.05) is 0 Å². The molecule has 0 radical (unpaired) electrons. The highest BCUT2D eigenvalue weighted by Crippen LogP contribution is 2.43. The van der Waals surface area contributed by atoms with Crippen LogP contribution in [0, 0.1) is 0 Å². The molecule has 0 saturated heterocycles. The zero-order valence-electron chi connectivity index (χ0n) is 10.3. The third kappa shape index (κ3) is 5.37. The van der Waals surface area contributed by atoms with Crippen molar-refractivity contribution < 1.29 is 13.6 Å². The molecule has 0 amide bonds. The van der Waals surface area contributed by atoms with Crippen LogP contribution in [0.2, 0.25) is 0 Å². The molecule has 98 valence electrons. The Morgan fingerprint density at radius 1 is 0.875 bits per heavy atom. The first-order valence-corrected chi connectivity index (χ1v) is 7.62. The Morgan fingerprint density at radius 3 is 1.31 bits per heavy atom. The zero-order chi connectivity index (χ0) is 12.8. The summed E-state index contributed by atoms with van der Waals surface area (Å²) >= 11 is 12.2. The molecule has 0 bridgehead atoms. The fourth-order valence-corrected chi connectivity index (χ4v) is 2.70. The van der Waals surface area contributed by atoms with Gasteiger partial charge in [-0.1, -0.05) is 50.9 Å². The molecule has 0 aromatic rings. The van der Waals surface area contributed by atoms with E-state index < -0.39 is 18.4 Å². The van der Waals surface area contributed by atoms with Crippen molar-refractivity contribution in [2.24, 2.45) is 0 Å². The summed E-state index contributed by atoms with van der Waals surface area (Å²) in [7, 11) is -2.67. The van der Waals surface area contributed by atoms with E-state index in [4.69, 9.17) is 32.2 Å². The molecule has 0 unspecified atom stereocenters. The summed E-state index contributed by atoms with van der Waals surface area (Å²) in [6.45, 7) is 7.50. The minimum atomic E-state index is -2.67. The quantitative estimate of drug-likeness (QED) is 0.470. The number of rotatable bonds is 8. The van der Waals surface area contributed by atoms with E-state index in [1.54, 1.807) is 0 Å². The van der Waals surface area contributed by atoms with Gasteiger partial charge in [0.2, 0.25) is 0 Å². The summed E-state index contributed by atoms with van der Waals surface area (Å²) in [5.41, 5.74) is 0. The average Bonchev–Trinajstić information content (AvgIpc) is 2.28. The summed E-state index contributed by atoms with van der Waals surface area (Å²) < 4.78 is 22.2. The van der Waals surface area contributed by atoms with Gasteiger partial charge in [-0.2, -0.15) is 0 Å².